The van der Waals surface area contributed by atoms with Crippen LogP contribution in [0.25, 0.3) is 0 Å². The van der Waals surface area contributed by atoms with Crippen molar-refractivity contribution in [3.8, 4) is 0 Å². The SMILES string of the molecule is C[C@H](CCC(=O)O)N1CCCCC1. The quantitative estimate of drug-likeness (QED) is 0.725. The lowest BCUT2D eigenvalue weighted by atomic mass is 10.1. The molecule has 1 atom stereocenters. The van der Waals surface area contributed by atoms with Gasteiger partial charge in [0.1, 0.15) is 0 Å². The zero-order valence-corrected chi connectivity index (χ0v) is 8.33. The fourth-order valence-electron chi connectivity index (χ4n) is 1.87. The number of piperidine rings is 1. The van der Waals surface area contributed by atoms with Gasteiger partial charge in [-0.05, 0) is 39.3 Å². The summed E-state index contributed by atoms with van der Waals surface area (Å²) in [6, 6.07) is 0.441. The number of carboxylic acid groups (broad SMARTS) is 1. The van der Waals surface area contributed by atoms with Gasteiger partial charge in [-0.3, -0.25) is 4.79 Å². The number of carbonyl (C=O) groups is 1. The number of likely N-dealkylation sites (tertiary alicyclic amines) is 1. The Morgan fingerprint density at radius 2 is 2.00 bits per heavy atom. The summed E-state index contributed by atoms with van der Waals surface area (Å²) in [5.74, 6) is -0.677. The van der Waals surface area contributed by atoms with Gasteiger partial charge in [0.25, 0.3) is 0 Å². The highest BCUT2D eigenvalue weighted by Gasteiger charge is 2.16. The molecule has 3 nitrogen and oxygen atoms in total. The molecule has 0 bridgehead atoms. The molecule has 1 saturated heterocycles. The van der Waals surface area contributed by atoms with Crippen molar-refractivity contribution < 1.29 is 9.90 Å². The maximum absolute atomic E-state index is 10.4. The summed E-state index contributed by atoms with van der Waals surface area (Å²) in [7, 11) is 0. The summed E-state index contributed by atoms with van der Waals surface area (Å²) in [4.78, 5) is 12.8. The van der Waals surface area contributed by atoms with Gasteiger partial charge in [-0.25, -0.2) is 0 Å². The van der Waals surface area contributed by atoms with Crippen LogP contribution in [0.3, 0.4) is 0 Å². The molecule has 0 aromatic rings. The standard InChI is InChI=1S/C10H19NO2/c1-9(5-6-10(12)13)11-7-3-2-4-8-11/h9H,2-8H2,1H3,(H,12,13)/t9-/m1/s1. The van der Waals surface area contributed by atoms with Crippen molar-refractivity contribution in [3.05, 3.63) is 0 Å². The third-order valence-corrected chi connectivity index (χ3v) is 2.79. The second-order valence-electron chi connectivity index (χ2n) is 3.88. The van der Waals surface area contributed by atoms with Gasteiger partial charge in [0.15, 0.2) is 0 Å². The highest BCUT2D eigenvalue weighted by Crippen LogP contribution is 2.14. The van der Waals surface area contributed by atoms with Crippen molar-refractivity contribution in [2.75, 3.05) is 13.1 Å². The molecule has 1 rings (SSSR count). The van der Waals surface area contributed by atoms with Crippen LogP contribution in [-0.4, -0.2) is 35.1 Å². The molecule has 1 heterocycles. The zero-order chi connectivity index (χ0) is 9.68. The van der Waals surface area contributed by atoms with Gasteiger partial charge < -0.3 is 10.0 Å². The van der Waals surface area contributed by atoms with Crippen LogP contribution in [0.1, 0.15) is 39.0 Å². The Kier molecular flexibility index (Phi) is 4.22. The van der Waals surface area contributed by atoms with E-state index >= 15 is 0 Å². The Hall–Kier alpha value is -0.570. The van der Waals surface area contributed by atoms with Gasteiger partial charge in [0.2, 0.25) is 0 Å². The van der Waals surface area contributed by atoms with E-state index in [0.29, 0.717) is 12.5 Å². The molecule has 13 heavy (non-hydrogen) atoms. The fourth-order valence-corrected chi connectivity index (χ4v) is 1.87. The molecule has 0 aromatic carbocycles. The Morgan fingerprint density at radius 1 is 1.38 bits per heavy atom. The molecule has 3 heteroatoms. The van der Waals surface area contributed by atoms with Crippen molar-refractivity contribution >= 4 is 5.97 Å². The van der Waals surface area contributed by atoms with Crippen molar-refractivity contribution in [1.82, 2.24) is 4.90 Å². The first-order valence-electron chi connectivity index (χ1n) is 5.16. The maximum atomic E-state index is 10.4. The van der Waals surface area contributed by atoms with Crippen LogP contribution < -0.4 is 0 Å². The topological polar surface area (TPSA) is 40.5 Å². The molecule has 1 aliphatic rings. The van der Waals surface area contributed by atoms with E-state index in [2.05, 4.69) is 11.8 Å². The van der Waals surface area contributed by atoms with Crippen molar-refractivity contribution in [2.24, 2.45) is 0 Å². The van der Waals surface area contributed by atoms with Gasteiger partial charge >= 0.3 is 5.97 Å². The average Bonchev–Trinajstić information content (AvgIpc) is 2.15. The predicted molar refractivity (Wildman–Crippen MR) is 51.8 cm³/mol. The molecule has 0 spiro atoms. The van der Waals surface area contributed by atoms with Crippen LogP contribution in [0.5, 0.6) is 0 Å². The van der Waals surface area contributed by atoms with Crippen LogP contribution in [0.15, 0.2) is 0 Å². The van der Waals surface area contributed by atoms with E-state index in [0.717, 1.165) is 19.5 Å². The molecule has 0 radical (unpaired) electrons. The van der Waals surface area contributed by atoms with Crippen molar-refractivity contribution in [3.63, 3.8) is 0 Å². The molecule has 0 saturated carbocycles. The Morgan fingerprint density at radius 3 is 2.54 bits per heavy atom. The van der Waals surface area contributed by atoms with Crippen molar-refractivity contribution in [1.29, 1.82) is 0 Å². The van der Waals surface area contributed by atoms with Gasteiger partial charge in [-0.1, -0.05) is 6.42 Å². The molecular weight excluding hydrogens is 166 g/mol. The minimum absolute atomic E-state index is 0.303. The van der Waals surface area contributed by atoms with E-state index in [-0.39, 0.29) is 0 Å². The average molecular weight is 185 g/mol. The fraction of sp³-hybridized carbons (Fsp3) is 0.900. The summed E-state index contributed by atoms with van der Waals surface area (Å²) in [6.45, 7) is 4.44. The highest BCUT2D eigenvalue weighted by molar-refractivity contribution is 5.66. The van der Waals surface area contributed by atoms with Crippen LogP contribution in [0.2, 0.25) is 0 Å². The van der Waals surface area contributed by atoms with Crippen molar-refractivity contribution in [2.45, 2.75) is 45.1 Å². The molecule has 0 aromatic heterocycles. The van der Waals surface area contributed by atoms with Gasteiger partial charge in [0, 0.05) is 12.5 Å². The van der Waals surface area contributed by atoms with Gasteiger partial charge in [-0.2, -0.15) is 0 Å². The van der Waals surface area contributed by atoms with E-state index in [1.807, 2.05) is 0 Å². The van der Waals surface area contributed by atoms with Gasteiger partial charge in [-0.15, -0.1) is 0 Å². The summed E-state index contributed by atoms with van der Waals surface area (Å²) in [5.41, 5.74) is 0. The summed E-state index contributed by atoms with van der Waals surface area (Å²) < 4.78 is 0. The van der Waals surface area contributed by atoms with Crippen LogP contribution in [-0.2, 0) is 4.79 Å². The number of hydrogen-bond acceptors (Lipinski definition) is 2. The minimum Gasteiger partial charge on any atom is -0.481 e. The van der Waals surface area contributed by atoms with Crippen LogP contribution >= 0.6 is 0 Å². The van der Waals surface area contributed by atoms with E-state index in [1.165, 1.54) is 19.3 Å². The predicted octanol–water partition coefficient (Wildman–Crippen LogP) is 1.73. The highest BCUT2D eigenvalue weighted by atomic mass is 16.4. The van der Waals surface area contributed by atoms with Crippen LogP contribution in [0.4, 0.5) is 0 Å². The first kappa shape index (κ1) is 10.5. The Bertz CT molecular complexity index is 164. The summed E-state index contributed by atoms with van der Waals surface area (Å²) in [5, 5.41) is 8.54. The number of rotatable bonds is 4. The lowest BCUT2D eigenvalue weighted by Crippen LogP contribution is -2.37. The third kappa shape index (κ3) is 3.77. The van der Waals surface area contributed by atoms with E-state index in [1.54, 1.807) is 0 Å². The number of carboxylic acids is 1. The summed E-state index contributed by atoms with van der Waals surface area (Å²) in [6.07, 6.45) is 4.98. The largest absolute Gasteiger partial charge is 0.481 e. The summed E-state index contributed by atoms with van der Waals surface area (Å²) >= 11 is 0. The molecule has 0 unspecified atom stereocenters. The van der Waals surface area contributed by atoms with E-state index in [9.17, 15) is 4.79 Å². The second-order valence-corrected chi connectivity index (χ2v) is 3.88. The first-order chi connectivity index (χ1) is 6.20. The number of aliphatic carboxylic acids is 1. The lowest BCUT2D eigenvalue weighted by molar-refractivity contribution is -0.137. The molecule has 76 valence electrons. The molecule has 1 aliphatic heterocycles. The first-order valence-corrected chi connectivity index (χ1v) is 5.16. The molecule has 0 amide bonds. The maximum Gasteiger partial charge on any atom is 0.303 e. The normalized spacial score (nSPS) is 21.3. The van der Waals surface area contributed by atoms with Gasteiger partial charge in [0.05, 0.1) is 0 Å². The monoisotopic (exact) mass is 185 g/mol. The minimum atomic E-state index is -0.677. The molecule has 0 aliphatic carbocycles. The number of hydrogen-bond donors (Lipinski definition) is 1. The molecule has 1 N–H and O–H groups in total. The molecule has 1 fully saturated rings. The molecular formula is C10H19NO2. The smallest absolute Gasteiger partial charge is 0.303 e. The van der Waals surface area contributed by atoms with Crippen LogP contribution in [0, 0.1) is 0 Å². The lowest BCUT2D eigenvalue weighted by Gasteiger charge is -2.32. The zero-order valence-electron chi connectivity index (χ0n) is 8.33. The third-order valence-electron chi connectivity index (χ3n) is 2.79. The number of nitrogens with zero attached hydrogens (tertiary/aromatic N) is 1. The Balaban J connectivity index is 2.20. The second kappa shape index (κ2) is 5.22. The van der Waals surface area contributed by atoms with E-state index in [4.69, 9.17) is 5.11 Å². The van der Waals surface area contributed by atoms with E-state index < -0.39 is 5.97 Å². The Labute approximate surface area is 79.7 Å².